The molecule has 0 heterocycles. The summed E-state index contributed by atoms with van der Waals surface area (Å²) in [6, 6.07) is 12.0. The van der Waals surface area contributed by atoms with E-state index in [9.17, 15) is 17.6 Å². The van der Waals surface area contributed by atoms with Gasteiger partial charge in [0, 0.05) is 18.2 Å². The van der Waals surface area contributed by atoms with Gasteiger partial charge in [0.25, 0.3) is 0 Å². The van der Waals surface area contributed by atoms with E-state index in [4.69, 9.17) is 0 Å². The molecule has 0 radical (unpaired) electrons. The van der Waals surface area contributed by atoms with E-state index >= 15 is 0 Å². The van der Waals surface area contributed by atoms with Crippen LogP contribution in [-0.4, -0.2) is 20.4 Å². The molecule has 0 aliphatic heterocycles. The molecule has 0 spiro atoms. The number of sulfonamides is 1. The summed E-state index contributed by atoms with van der Waals surface area (Å²) in [4.78, 5) is 12.1. The minimum absolute atomic E-state index is 0.130. The number of aryl methyl sites for hydroxylation is 1. The Morgan fingerprint density at radius 3 is 2.32 bits per heavy atom. The lowest BCUT2D eigenvalue weighted by Gasteiger charge is -2.10. The highest BCUT2D eigenvalue weighted by molar-refractivity contribution is 7.89. The Balaban J connectivity index is 1.94. The van der Waals surface area contributed by atoms with E-state index < -0.39 is 10.0 Å². The molecule has 2 N–H and O–H groups in total. The van der Waals surface area contributed by atoms with Gasteiger partial charge in [0.1, 0.15) is 5.82 Å². The zero-order chi connectivity index (χ0) is 18.4. The minimum Gasteiger partial charge on any atom is -0.326 e. The van der Waals surface area contributed by atoms with E-state index in [0.29, 0.717) is 17.7 Å². The summed E-state index contributed by atoms with van der Waals surface area (Å²) in [6.07, 6.45) is 0.430. The second-order valence-corrected chi connectivity index (χ2v) is 7.65. The molecule has 0 aliphatic carbocycles. The number of benzene rings is 2. The molecule has 0 saturated carbocycles. The van der Waals surface area contributed by atoms with Crippen molar-refractivity contribution >= 4 is 21.6 Å². The summed E-state index contributed by atoms with van der Waals surface area (Å²) in [5, 5.41) is 2.67. The zero-order valence-electron chi connectivity index (χ0n) is 14.1. The molecular weight excluding hydrogens is 343 g/mol. The third-order valence-corrected chi connectivity index (χ3v) is 5.09. The zero-order valence-corrected chi connectivity index (χ0v) is 14.9. The molecule has 0 atom stereocenters. The topological polar surface area (TPSA) is 75.3 Å². The van der Waals surface area contributed by atoms with Crippen LogP contribution in [0.15, 0.2) is 53.4 Å². The number of amides is 1. The number of nitrogens with one attached hydrogen (secondary N) is 2. The van der Waals surface area contributed by atoms with Gasteiger partial charge >= 0.3 is 0 Å². The van der Waals surface area contributed by atoms with Crippen molar-refractivity contribution in [3.8, 4) is 0 Å². The van der Waals surface area contributed by atoms with E-state index in [1.165, 1.54) is 30.3 Å². The molecule has 2 aromatic rings. The number of carbonyl (C=O) groups excluding carboxylic acids is 1. The summed E-state index contributed by atoms with van der Waals surface area (Å²) in [5.41, 5.74) is 0.973. The van der Waals surface area contributed by atoms with Crippen LogP contribution in [0.2, 0.25) is 0 Å². The second-order valence-electron chi connectivity index (χ2n) is 5.94. The smallest absolute Gasteiger partial charge is 0.240 e. The molecule has 134 valence electrons. The van der Waals surface area contributed by atoms with E-state index in [-0.39, 0.29) is 29.1 Å². The first-order valence-electron chi connectivity index (χ1n) is 7.93. The van der Waals surface area contributed by atoms with E-state index in [0.717, 1.165) is 0 Å². The summed E-state index contributed by atoms with van der Waals surface area (Å²) in [5.74, 6) is -0.596. The van der Waals surface area contributed by atoms with Crippen LogP contribution in [0.1, 0.15) is 25.8 Å². The standard InChI is InChI=1S/C18H21FN2O3S/c1-13(2)21-25(23,24)16-10-8-15(9-11-16)20-18(22)12-7-14-5-3-4-6-17(14)19/h3-6,8-11,13,21H,7,12H2,1-2H3,(H,20,22). The highest BCUT2D eigenvalue weighted by Crippen LogP contribution is 2.15. The van der Waals surface area contributed by atoms with Crippen LogP contribution >= 0.6 is 0 Å². The Kier molecular flexibility index (Phi) is 6.27. The molecule has 25 heavy (non-hydrogen) atoms. The number of hydrogen-bond donors (Lipinski definition) is 2. The van der Waals surface area contributed by atoms with Gasteiger partial charge in [-0.25, -0.2) is 17.5 Å². The molecular formula is C18H21FN2O3S. The molecule has 0 aliphatic rings. The quantitative estimate of drug-likeness (QED) is 0.793. The van der Waals surface area contributed by atoms with Crippen LogP contribution in [0, 0.1) is 5.82 Å². The van der Waals surface area contributed by atoms with Gasteiger partial charge in [-0.1, -0.05) is 18.2 Å². The summed E-state index contributed by atoms with van der Waals surface area (Å²) in [7, 11) is -3.56. The van der Waals surface area contributed by atoms with Crippen molar-refractivity contribution in [2.45, 2.75) is 37.6 Å². The number of hydrogen-bond acceptors (Lipinski definition) is 3. The Bertz CT molecular complexity index is 834. The Morgan fingerprint density at radius 1 is 1.08 bits per heavy atom. The Morgan fingerprint density at radius 2 is 1.72 bits per heavy atom. The molecule has 0 unspecified atom stereocenters. The van der Waals surface area contributed by atoms with Gasteiger partial charge in [0.2, 0.25) is 15.9 Å². The van der Waals surface area contributed by atoms with Crippen LogP contribution < -0.4 is 10.0 Å². The van der Waals surface area contributed by atoms with Crippen LogP contribution in [-0.2, 0) is 21.2 Å². The van der Waals surface area contributed by atoms with Crippen molar-refractivity contribution in [1.82, 2.24) is 4.72 Å². The molecule has 2 aromatic carbocycles. The maximum absolute atomic E-state index is 13.5. The summed E-state index contributed by atoms with van der Waals surface area (Å²) >= 11 is 0. The van der Waals surface area contributed by atoms with Gasteiger partial charge in [-0.15, -0.1) is 0 Å². The third-order valence-electron chi connectivity index (χ3n) is 3.42. The fraction of sp³-hybridized carbons (Fsp3) is 0.278. The van der Waals surface area contributed by atoms with Crippen molar-refractivity contribution in [2.75, 3.05) is 5.32 Å². The van der Waals surface area contributed by atoms with Gasteiger partial charge in [-0.3, -0.25) is 4.79 Å². The first-order valence-corrected chi connectivity index (χ1v) is 9.42. The van der Waals surface area contributed by atoms with Crippen LogP contribution in [0.3, 0.4) is 0 Å². The van der Waals surface area contributed by atoms with Crippen LogP contribution in [0.5, 0.6) is 0 Å². The van der Waals surface area contributed by atoms with Crippen molar-refractivity contribution in [3.63, 3.8) is 0 Å². The fourth-order valence-electron chi connectivity index (χ4n) is 2.27. The fourth-order valence-corrected chi connectivity index (χ4v) is 3.52. The number of halogens is 1. The summed E-state index contributed by atoms with van der Waals surface area (Å²) in [6.45, 7) is 3.48. The van der Waals surface area contributed by atoms with Gasteiger partial charge < -0.3 is 5.32 Å². The SMILES string of the molecule is CC(C)NS(=O)(=O)c1ccc(NC(=O)CCc2ccccc2F)cc1. The second kappa shape index (κ2) is 8.22. The van der Waals surface area contributed by atoms with Crippen molar-refractivity contribution in [3.05, 3.63) is 59.9 Å². The van der Waals surface area contributed by atoms with Crippen LogP contribution in [0.25, 0.3) is 0 Å². The highest BCUT2D eigenvalue weighted by atomic mass is 32.2. The van der Waals surface area contributed by atoms with Gasteiger partial charge in [0.15, 0.2) is 0 Å². The number of carbonyl (C=O) groups is 1. The monoisotopic (exact) mass is 364 g/mol. The van der Waals surface area contributed by atoms with Crippen molar-refractivity contribution in [2.24, 2.45) is 0 Å². The molecule has 0 saturated heterocycles. The normalized spacial score (nSPS) is 11.5. The summed E-state index contributed by atoms with van der Waals surface area (Å²) < 4.78 is 40.1. The lowest BCUT2D eigenvalue weighted by Crippen LogP contribution is -2.30. The molecule has 7 heteroatoms. The molecule has 0 aromatic heterocycles. The molecule has 2 rings (SSSR count). The van der Waals surface area contributed by atoms with E-state index in [1.807, 2.05) is 0 Å². The van der Waals surface area contributed by atoms with Crippen molar-refractivity contribution < 1.29 is 17.6 Å². The average Bonchev–Trinajstić information content (AvgIpc) is 2.53. The van der Waals surface area contributed by atoms with Gasteiger partial charge in [0.05, 0.1) is 4.90 Å². The highest BCUT2D eigenvalue weighted by Gasteiger charge is 2.15. The van der Waals surface area contributed by atoms with Gasteiger partial charge in [-0.2, -0.15) is 0 Å². The largest absolute Gasteiger partial charge is 0.326 e. The molecule has 0 fully saturated rings. The molecule has 0 bridgehead atoms. The van der Waals surface area contributed by atoms with E-state index in [2.05, 4.69) is 10.0 Å². The van der Waals surface area contributed by atoms with Crippen LogP contribution in [0.4, 0.5) is 10.1 Å². The minimum atomic E-state index is -3.56. The van der Waals surface area contributed by atoms with E-state index in [1.54, 1.807) is 32.0 Å². The molecule has 5 nitrogen and oxygen atoms in total. The van der Waals surface area contributed by atoms with Gasteiger partial charge in [-0.05, 0) is 56.2 Å². The number of anilines is 1. The number of rotatable bonds is 7. The third kappa shape index (κ3) is 5.65. The Hall–Kier alpha value is -2.25. The first kappa shape index (κ1) is 19.1. The lowest BCUT2D eigenvalue weighted by atomic mass is 10.1. The molecule has 1 amide bonds. The predicted octanol–water partition coefficient (Wildman–Crippen LogP) is 3.08. The lowest BCUT2D eigenvalue weighted by molar-refractivity contribution is -0.116. The first-order chi connectivity index (χ1) is 11.8. The van der Waals surface area contributed by atoms with Crippen molar-refractivity contribution in [1.29, 1.82) is 0 Å². The maximum Gasteiger partial charge on any atom is 0.240 e. The Labute approximate surface area is 147 Å². The average molecular weight is 364 g/mol. The maximum atomic E-state index is 13.5. The predicted molar refractivity (Wildman–Crippen MR) is 95.3 cm³/mol.